The van der Waals surface area contributed by atoms with Gasteiger partial charge in [0.25, 0.3) is 0 Å². The zero-order valence-corrected chi connectivity index (χ0v) is 13.8. The maximum absolute atomic E-state index is 11.5. The molecule has 0 spiro atoms. The molecule has 5 nitrogen and oxygen atoms in total. The fraction of sp³-hybridized carbons (Fsp3) is 0.412. The summed E-state index contributed by atoms with van der Waals surface area (Å²) in [4.78, 5) is 18.4. The Morgan fingerprint density at radius 3 is 2.87 bits per heavy atom. The Labute approximate surface area is 140 Å². The molecule has 0 unspecified atom stereocenters. The van der Waals surface area contributed by atoms with E-state index in [1.807, 2.05) is 30.3 Å². The smallest absolute Gasteiger partial charge is 0.407 e. The lowest BCUT2D eigenvalue weighted by atomic mass is 10.1. The summed E-state index contributed by atoms with van der Waals surface area (Å²) >= 11 is 6.00. The van der Waals surface area contributed by atoms with Crippen LogP contribution in [0.3, 0.4) is 0 Å². The number of benzene rings is 1. The van der Waals surface area contributed by atoms with Gasteiger partial charge in [-0.2, -0.15) is 0 Å². The summed E-state index contributed by atoms with van der Waals surface area (Å²) in [6.07, 6.45) is 1.45. The molecule has 0 atom stereocenters. The van der Waals surface area contributed by atoms with Crippen LogP contribution in [-0.4, -0.2) is 36.8 Å². The molecule has 1 aromatic carbocycles. The molecule has 1 aromatic heterocycles. The van der Waals surface area contributed by atoms with E-state index < -0.39 is 0 Å². The number of fused-ring (bicyclic) bond motifs is 1. The Balaban J connectivity index is 1.63. The number of carbonyl (C=O) groups is 1. The van der Waals surface area contributed by atoms with Gasteiger partial charge in [-0.05, 0) is 50.1 Å². The molecule has 0 bridgehead atoms. The van der Waals surface area contributed by atoms with Crippen LogP contribution in [0.5, 0.6) is 0 Å². The number of hydrogen-bond donors (Lipinski definition) is 1. The largest absolute Gasteiger partial charge is 0.450 e. The fourth-order valence-corrected chi connectivity index (χ4v) is 3.03. The Morgan fingerprint density at radius 1 is 1.35 bits per heavy atom. The molecule has 1 N–H and O–H groups in total. The minimum atomic E-state index is -0.327. The molecule has 2 heterocycles. The average Bonchev–Trinajstić information content (AvgIpc) is 2.55. The van der Waals surface area contributed by atoms with Gasteiger partial charge in [-0.25, -0.2) is 9.78 Å². The number of alkyl carbamates (subject to hydrolysis) is 1. The normalized spacial score (nSPS) is 15.7. The van der Waals surface area contributed by atoms with E-state index in [2.05, 4.69) is 10.2 Å². The number of piperidine rings is 1. The molecule has 1 fully saturated rings. The minimum Gasteiger partial charge on any atom is -0.450 e. The van der Waals surface area contributed by atoms with Gasteiger partial charge in [0.2, 0.25) is 0 Å². The molecule has 1 aliphatic heterocycles. The molecule has 23 heavy (non-hydrogen) atoms. The summed E-state index contributed by atoms with van der Waals surface area (Å²) in [5.41, 5.74) is 0.943. The molecule has 1 amide bonds. The molecule has 0 aliphatic carbocycles. The van der Waals surface area contributed by atoms with Gasteiger partial charge < -0.3 is 15.0 Å². The van der Waals surface area contributed by atoms with Crippen LogP contribution in [0.4, 0.5) is 10.6 Å². The van der Waals surface area contributed by atoms with Crippen molar-refractivity contribution in [1.29, 1.82) is 0 Å². The zero-order valence-electron chi connectivity index (χ0n) is 13.1. The van der Waals surface area contributed by atoms with Gasteiger partial charge >= 0.3 is 6.09 Å². The molecule has 6 heteroatoms. The number of amides is 1. The Hall–Kier alpha value is -2.01. The number of rotatable bonds is 3. The van der Waals surface area contributed by atoms with E-state index in [4.69, 9.17) is 21.3 Å². The van der Waals surface area contributed by atoms with Gasteiger partial charge in [-0.15, -0.1) is 0 Å². The highest BCUT2D eigenvalue weighted by Gasteiger charge is 2.22. The van der Waals surface area contributed by atoms with Crippen molar-refractivity contribution in [1.82, 2.24) is 10.3 Å². The van der Waals surface area contributed by atoms with Crippen molar-refractivity contribution >= 4 is 34.4 Å². The van der Waals surface area contributed by atoms with Crippen molar-refractivity contribution in [2.24, 2.45) is 0 Å². The lowest BCUT2D eigenvalue weighted by Gasteiger charge is -2.33. The minimum absolute atomic E-state index is 0.171. The van der Waals surface area contributed by atoms with Crippen LogP contribution < -0.4 is 10.2 Å². The van der Waals surface area contributed by atoms with Crippen molar-refractivity contribution < 1.29 is 9.53 Å². The summed E-state index contributed by atoms with van der Waals surface area (Å²) in [6.45, 7) is 3.93. The van der Waals surface area contributed by atoms with E-state index in [1.54, 1.807) is 6.92 Å². The number of aromatic nitrogens is 1. The molecule has 0 radical (unpaired) electrons. The Morgan fingerprint density at radius 2 is 2.13 bits per heavy atom. The predicted molar refractivity (Wildman–Crippen MR) is 92.1 cm³/mol. The van der Waals surface area contributed by atoms with Crippen molar-refractivity contribution in [3.8, 4) is 0 Å². The first kappa shape index (κ1) is 15.9. The highest BCUT2D eigenvalue weighted by atomic mass is 35.5. The van der Waals surface area contributed by atoms with E-state index in [9.17, 15) is 4.79 Å². The van der Waals surface area contributed by atoms with Crippen LogP contribution in [0, 0.1) is 0 Å². The average molecular weight is 334 g/mol. The van der Waals surface area contributed by atoms with E-state index in [1.165, 1.54) is 0 Å². The topological polar surface area (TPSA) is 54.5 Å². The third-order valence-corrected chi connectivity index (χ3v) is 4.29. The van der Waals surface area contributed by atoms with Crippen LogP contribution in [0.2, 0.25) is 5.02 Å². The number of nitrogens with one attached hydrogen (secondary N) is 1. The number of pyridine rings is 1. The van der Waals surface area contributed by atoms with Crippen molar-refractivity contribution in [3.05, 3.63) is 35.4 Å². The molecule has 122 valence electrons. The maximum atomic E-state index is 11.5. The van der Waals surface area contributed by atoms with Crippen LogP contribution in [0.25, 0.3) is 10.9 Å². The zero-order chi connectivity index (χ0) is 16.2. The SMILES string of the molecule is CCOC(=O)NC1CCN(c2ccc3cc(Cl)ccc3n2)CC1. The lowest BCUT2D eigenvalue weighted by Crippen LogP contribution is -2.45. The molecule has 2 aromatic rings. The van der Waals surface area contributed by atoms with Crippen LogP contribution in [-0.2, 0) is 4.74 Å². The van der Waals surface area contributed by atoms with Gasteiger partial charge in [0, 0.05) is 29.5 Å². The van der Waals surface area contributed by atoms with Crippen LogP contribution >= 0.6 is 11.6 Å². The summed E-state index contributed by atoms with van der Waals surface area (Å²) < 4.78 is 4.93. The van der Waals surface area contributed by atoms with E-state index >= 15 is 0 Å². The van der Waals surface area contributed by atoms with E-state index in [0.717, 1.165) is 47.7 Å². The summed E-state index contributed by atoms with van der Waals surface area (Å²) in [6, 6.07) is 9.96. The van der Waals surface area contributed by atoms with Gasteiger partial charge in [0.15, 0.2) is 0 Å². The van der Waals surface area contributed by atoms with Crippen LogP contribution in [0.15, 0.2) is 30.3 Å². The standard InChI is InChI=1S/C17H20ClN3O2/c1-2-23-17(22)19-14-7-9-21(10-8-14)16-6-3-12-11-13(18)4-5-15(12)20-16/h3-6,11,14H,2,7-10H2,1H3,(H,19,22). The highest BCUT2D eigenvalue weighted by molar-refractivity contribution is 6.31. The summed E-state index contributed by atoms with van der Waals surface area (Å²) in [5, 5.41) is 4.67. The number of carbonyl (C=O) groups excluding carboxylic acids is 1. The number of anilines is 1. The number of nitrogens with zero attached hydrogens (tertiary/aromatic N) is 2. The summed E-state index contributed by atoms with van der Waals surface area (Å²) in [5.74, 6) is 0.967. The maximum Gasteiger partial charge on any atom is 0.407 e. The second-order valence-electron chi connectivity index (χ2n) is 5.63. The Bertz CT molecular complexity index is 699. The van der Waals surface area contributed by atoms with Crippen molar-refractivity contribution in [3.63, 3.8) is 0 Å². The second kappa shape index (κ2) is 7.04. The van der Waals surface area contributed by atoms with Gasteiger partial charge in [0.1, 0.15) is 5.82 Å². The number of ether oxygens (including phenoxy) is 1. The number of hydrogen-bond acceptors (Lipinski definition) is 4. The molecular formula is C17H20ClN3O2. The van der Waals surface area contributed by atoms with E-state index in [-0.39, 0.29) is 12.1 Å². The van der Waals surface area contributed by atoms with Gasteiger partial charge in [-0.1, -0.05) is 11.6 Å². The third kappa shape index (κ3) is 3.85. The first-order chi connectivity index (χ1) is 11.2. The third-order valence-electron chi connectivity index (χ3n) is 4.05. The Kier molecular flexibility index (Phi) is 4.86. The molecule has 3 rings (SSSR count). The second-order valence-corrected chi connectivity index (χ2v) is 6.07. The van der Waals surface area contributed by atoms with Crippen molar-refractivity contribution in [2.75, 3.05) is 24.6 Å². The van der Waals surface area contributed by atoms with Gasteiger partial charge in [0.05, 0.1) is 12.1 Å². The first-order valence-corrected chi connectivity index (χ1v) is 8.28. The first-order valence-electron chi connectivity index (χ1n) is 7.90. The van der Waals surface area contributed by atoms with Crippen LogP contribution in [0.1, 0.15) is 19.8 Å². The number of halogens is 1. The molecule has 1 saturated heterocycles. The quantitative estimate of drug-likeness (QED) is 0.932. The van der Waals surface area contributed by atoms with E-state index in [0.29, 0.717) is 6.61 Å². The molecule has 0 saturated carbocycles. The summed E-state index contributed by atoms with van der Waals surface area (Å²) in [7, 11) is 0. The molecular weight excluding hydrogens is 314 g/mol. The monoisotopic (exact) mass is 333 g/mol. The highest BCUT2D eigenvalue weighted by Crippen LogP contribution is 2.23. The molecule has 1 aliphatic rings. The fourth-order valence-electron chi connectivity index (χ4n) is 2.85. The predicted octanol–water partition coefficient (Wildman–Crippen LogP) is 3.60. The lowest BCUT2D eigenvalue weighted by molar-refractivity contribution is 0.146. The van der Waals surface area contributed by atoms with Crippen molar-refractivity contribution in [2.45, 2.75) is 25.8 Å². The van der Waals surface area contributed by atoms with Gasteiger partial charge in [-0.3, -0.25) is 0 Å².